The molecule has 13 heteroatoms. The predicted octanol–water partition coefficient (Wildman–Crippen LogP) is 4.83. The van der Waals surface area contributed by atoms with Crippen LogP contribution in [0.5, 0.6) is 0 Å². The van der Waals surface area contributed by atoms with Gasteiger partial charge >= 0.3 is 12.3 Å². The second-order valence-corrected chi connectivity index (χ2v) is 8.59. The number of nitrogens with one attached hydrogen (secondary N) is 3. The number of carbonyl (C=O) groups is 2. The topological polar surface area (TPSA) is 134 Å². The molecule has 0 bridgehead atoms. The molecule has 0 aliphatic heterocycles. The van der Waals surface area contributed by atoms with Crippen molar-refractivity contribution in [1.29, 1.82) is 0 Å². The van der Waals surface area contributed by atoms with Gasteiger partial charge in [0.25, 0.3) is 0 Å². The fraction of sp³-hybridized carbons (Fsp3) is 0.400. The van der Waals surface area contributed by atoms with E-state index in [2.05, 4.69) is 31.4 Å². The first kappa shape index (κ1) is 28.4. The summed E-state index contributed by atoms with van der Waals surface area (Å²) < 4.78 is 38.5. The highest BCUT2D eigenvalue weighted by Crippen LogP contribution is 2.32. The number of unbranched alkanes of at least 4 members (excludes halogenated alkanes) is 5. The van der Waals surface area contributed by atoms with Crippen LogP contribution in [0.4, 0.5) is 29.3 Å². The number of amides is 2. The molecule has 1 heterocycles. The van der Waals surface area contributed by atoms with Crippen LogP contribution in [0.15, 0.2) is 48.5 Å². The van der Waals surface area contributed by atoms with Gasteiger partial charge in [0.15, 0.2) is 0 Å². The number of anilines is 2. The summed E-state index contributed by atoms with van der Waals surface area (Å²) in [6, 6.07) is 11.7. The minimum atomic E-state index is -4.41. The number of alkyl halides is 3. The molecular formula is C25H30F3N7O3. The Morgan fingerprint density at radius 3 is 2.16 bits per heavy atom. The molecule has 3 rings (SSSR count). The second kappa shape index (κ2) is 14.0. The van der Waals surface area contributed by atoms with Crippen molar-refractivity contribution in [2.24, 2.45) is 0 Å². The molecule has 0 saturated carbocycles. The number of nitrogens with zero attached hydrogens (tertiary/aromatic N) is 4. The maximum Gasteiger partial charge on any atom is 0.416 e. The quantitative estimate of drug-likeness (QED) is 0.218. The number of carboxylic acid groups (broad SMARTS) is 1. The SMILES string of the molecule is O=C(O)NCCCCCCCCNC(=O)Cn1nnc(-c2ccccc2Nc2ccc(C(F)(F)F)cc2)n1. The lowest BCUT2D eigenvalue weighted by atomic mass is 10.1. The summed E-state index contributed by atoms with van der Waals surface area (Å²) in [5.41, 5.74) is 0.890. The molecule has 38 heavy (non-hydrogen) atoms. The second-order valence-electron chi connectivity index (χ2n) is 8.59. The number of carbonyl (C=O) groups excluding carboxylic acids is 1. The van der Waals surface area contributed by atoms with E-state index in [0.717, 1.165) is 50.7 Å². The van der Waals surface area contributed by atoms with Gasteiger partial charge in [0, 0.05) is 30.0 Å². The third-order valence-electron chi connectivity index (χ3n) is 5.60. The molecule has 10 nitrogen and oxygen atoms in total. The Balaban J connectivity index is 1.43. The maximum atomic E-state index is 12.8. The van der Waals surface area contributed by atoms with E-state index in [0.29, 0.717) is 30.0 Å². The van der Waals surface area contributed by atoms with Crippen LogP contribution in [-0.4, -0.2) is 50.4 Å². The number of benzene rings is 2. The molecule has 0 atom stereocenters. The molecule has 0 aliphatic rings. The molecule has 0 spiro atoms. The number of aromatic nitrogens is 4. The summed E-state index contributed by atoms with van der Waals surface area (Å²) in [5.74, 6) is 0.0243. The first-order valence-corrected chi connectivity index (χ1v) is 12.3. The lowest BCUT2D eigenvalue weighted by Gasteiger charge is -2.11. The van der Waals surface area contributed by atoms with E-state index in [1.54, 1.807) is 24.3 Å². The summed E-state index contributed by atoms with van der Waals surface area (Å²) in [4.78, 5) is 23.8. The average molecular weight is 534 g/mol. The van der Waals surface area contributed by atoms with Crippen molar-refractivity contribution in [1.82, 2.24) is 30.8 Å². The van der Waals surface area contributed by atoms with Crippen molar-refractivity contribution >= 4 is 23.4 Å². The van der Waals surface area contributed by atoms with Crippen LogP contribution in [0, 0.1) is 0 Å². The van der Waals surface area contributed by atoms with Crippen LogP contribution in [0.25, 0.3) is 11.4 Å². The molecule has 3 aromatic rings. The molecule has 0 unspecified atom stereocenters. The molecule has 0 radical (unpaired) electrons. The normalized spacial score (nSPS) is 11.2. The lowest BCUT2D eigenvalue weighted by Crippen LogP contribution is -2.29. The Labute approximate surface area is 217 Å². The van der Waals surface area contributed by atoms with E-state index < -0.39 is 17.8 Å². The van der Waals surface area contributed by atoms with Crippen LogP contribution in [0.1, 0.15) is 44.1 Å². The van der Waals surface area contributed by atoms with E-state index in [-0.39, 0.29) is 18.3 Å². The Bertz CT molecular complexity index is 1180. The average Bonchev–Trinajstić information content (AvgIpc) is 3.33. The van der Waals surface area contributed by atoms with Gasteiger partial charge in [-0.1, -0.05) is 37.8 Å². The van der Waals surface area contributed by atoms with E-state index >= 15 is 0 Å². The van der Waals surface area contributed by atoms with Crippen molar-refractivity contribution in [3.63, 3.8) is 0 Å². The van der Waals surface area contributed by atoms with Gasteiger partial charge < -0.3 is 21.1 Å². The van der Waals surface area contributed by atoms with E-state index in [4.69, 9.17) is 5.11 Å². The van der Waals surface area contributed by atoms with Crippen LogP contribution in [-0.2, 0) is 17.5 Å². The fourth-order valence-corrected chi connectivity index (χ4v) is 3.67. The predicted molar refractivity (Wildman–Crippen MR) is 135 cm³/mol. The number of para-hydroxylation sites is 1. The third kappa shape index (κ3) is 9.37. The largest absolute Gasteiger partial charge is 0.465 e. The molecule has 1 aromatic heterocycles. The Morgan fingerprint density at radius 1 is 0.868 bits per heavy atom. The Morgan fingerprint density at radius 2 is 1.50 bits per heavy atom. The van der Waals surface area contributed by atoms with Gasteiger partial charge in [-0.2, -0.15) is 18.0 Å². The summed E-state index contributed by atoms with van der Waals surface area (Å²) in [6.45, 7) is 0.892. The van der Waals surface area contributed by atoms with Gasteiger partial charge in [-0.3, -0.25) is 4.79 Å². The number of rotatable bonds is 14. The number of hydrogen-bond acceptors (Lipinski definition) is 6. The zero-order valence-electron chi connectivity index (χ0n) is 20.7. The zero-order valence-corrected chi connectivity index (χ0v) is 20.7. The maximum absolute atomic E-state index is 12.8. The Kier molecular flexibility index (Phi) is 10.4. The van der Waals surface area contributed by atoms with Crippen molar-refractivity contribution in [3.8, 4) is 11.4 Å². The van der Waals surface area contributed by atoms with Gasteiger partial charge in [0.1, 0.15) is 6.54 Å². The minimum Gasteiger partial charge on any atom is -0.465 e. The van der Waals surface area contributed by atoms with E-state index in [9.17, 15) is 22.8 Å². The molecule has 204 valence electrons. The van der Waals surface area contributed by atoms with Gasteiger partial charge in [0.05, 0.1) is 5.56 Å². The first-order valence-electron chi connectivity index (χ1n) is 12.3. The first-order chi connectivity index (χ1) is 18.2. The van der Waals surface area contributed by atoms with Gasteiger partial charge in [0.2, 0.25) is 11.7 Å². The molecule has 0 saturated heterocycles. The van der Waals surface area contributed by atoms with Crippen molar-refractivity contribution in [2.45, 2.75) is 51.2 Å². The summed E-state index contributed by atoms with van der Waals surface area (Å²) in [6.07, 6.45) is 0.166. The van der Waals surface area contributed by atoms with Crippen molar-refractivity contribution in [3.05, 3.63) is 54.1 Å². The summed E-state index contributed by atoms with van der Waals surface area (Å²) in [7, 11) is 0. The highest BCUT2D eigenvalue weighted by molar-refractivity contribution is 5.78. The fourth-order valence-electron chi connectivity index (χ4n) is 3.67. The lowest BCUT2D eigenvalue weighted by molar-refractivity contribution is -0.137. The molecular weight excluding hydrogens is 503 g/mol. The Hall–Kier alpha value is -4.16. The van der Waals surface area contributed by atoms with Gasteiger partial charge in [-0.15, -0.1) is 10.2 Å². The standard InChI is InChI=1S/C25H30F3N7O3/c26-25(27,28)18-11-13-19(14-12-18)31-21-10-6-5-9-20(21)23-32-34-35(33-23)17-22(36)29-15-7-3-1-2-4-8-16-30-24(37)38/h5-6,9-14,30-31H,1-4,7-8,15-17H2,(H,29,36)(H,37,38). The number of hydrogen-bond donors (Lipinski definition) is 4. The molecule has 0 aliphatic carbocycles. The van der Waals surface area contributed by atoms with Gasteiger partial charge in [-0.05, 0) is 54.5 Å². The summed E-state index contributed by atoms with van der Waals surface area (Å²) in [5, 5.41) is 29.0. The highest BCUT2D eigenvalue weighted by Gasteiger charge is 2.30. The monoisotopic (exact) mass is 533 g/mol. The number of halogens is 3. The summed E-state index contributed by atoms with van der Waals surface area (Å²) >= 11 is 0. The highest BCUT2D eigenvalue weighted by atomic mass is 19.4. The third-order valence-corrected chi connectivity index (χ3v) is 5.60. The zero-order chi connectivity index (χ0) is 27.4. The molecule has 2 amide bonds. The van der Waals surface area contributed by atoms with Crippen molar-refractivity contribution < 1.29 is 27.9 Å². The minimum absolute atomic E-state index is 0.0991. The van der Waals surface area contributed by atoms with E-state index in [1.807, 2.05) is 0 Å². The van der Waals surface area contributed by atoms with Crippen LogP contribution >= 0.6 is 0 Å². The molecule has 4 N–H and O–H groups in total. The van der Waals surface area contributed by atoms with Crippen molar-refractivity contribution in [2.75, 3.05) is 18.4 Å². The smallest absolute Gasteiger partial charge is 0.416 e. The van der Waals surface area contributed by atoms with Crippen LogP contribution in [0.3, 0.4) is 0 Å². The van der Waals surface area contributed by atoms with Gasteiger partial charge in [-0.25, -0.2) is 4.79 Å². The molecule has 2 aromatic carbocycles. The van der Waals surface area contributed by atoms with E-state index in [1.165, 1.54) is 16.9 Å². The molecule has 0 fully saturated rings. The number of tetrazole rings is 1. The van der Waals surface area contributed by atoms with Crippen LogP contribution < -0.4 is 16.0 Å². The van der Waals surface area contributed by atoms with Crippen LogP contribution in [0.2, 0.25) is 0 Å².